The van der Waals surface area contributed by atoms with Gasteiger partial charge in [-0.05, 0) is 31.0 Å². The topological polar surface area (TPSA) is 82.5 Å². The molecule has 0 spiro atoms. The molecule has 1 saturated carbocycles. The zero-order valence-electron chi connectivity index (χ0n) is 15.5. The summed E-state index contributed by atoms with van der Waals surface area (Å²) < 4.78 is 0. The van der Waals surface area contributed by atoms with Crippen LogP contribution in [0.4, 0.5) is 5.69 Å². The fraction of sp³-hybridized carbons (Fsp3) is 0.524. The first-order valence-electron chi connectivity index (χ1n) is 9.84. The predicted molar refractivity (Wildman–Crippen MR) is 105 cm³/mol. The third kappa shape index (κ3) is 4.19. The van der Waals surface area contributed by atoms with Gasteiger partial charge in [-0.3, -0.25) is 4.79 Å². The Labute approximate surface area is 159 Å². The second-order valence-corrected chi connectivity index (χ2v) is 7.62. The minimum atomic E-state index is -0.411. The number of aromatic amines is 1. The van der Waals surface area contributed by atoms with E-state index in [1.807, 2.05) is 18.2 Å². The van der Waals surface area contributed by atoms with Gasteiger partial charge in [0, 0.05) is 37.3 Å². The number of imidazole rings is 1. The van der Waals surface area contributed by atoms with E-state index >= 15 is 0 Å². The molecule has 4 rings (SSSR count). The fourth-order valence-corrected chi connectivity index (χ4v) is 3.88. The van der Waals surface area contributed by atoms with Gasteiger partial charge in [0.05, 0.1) is 11.0 Å². The lowest BCUT2D eigenvalue weighted by molar-refractivity contribution is -0.116. The molecule has 0 unspecified atom stereocenters. The molecule has 1 aromatic carbocycles. The van der Waals surface area contributed by atoms with Crippen molar-refractivity contribution in [1.29, 1.82) is 0 Å². The molecule has 0 saturated heterocycles. The average molecular weight is 363 g/mol. The SMILES string of the molecule is C#CCCC1(CCC(=O)Nc2ccc3nc(C4CCCCC4)[nH]c3c2)N=N1. The second kappa shape index (κ2) is 7.51. The molecular formula is C21H25N5O. The van der Waals surface area contributed by atoms with Crippen LogP contribution in [-0.2, 0) is 4.79 Å². The smallest absolute Gasteiger partial charge is 0.224 e. The number of hydrogen-bond donors (Lipinski definition) is 2. The Hall–Kier alpha value is -2.68. The number of hydrogen-bond acceptors (Lipinski definition) is 4. The molecule has 1 aliphatic heterocycles. The van der Waals surface area contributed by atoms with Crippen molar-refractivity contribution in [2.24, 2.45) is 10.2 Å². The van der Waals surface area contributed by atoms with Gasteiger partial charge < -0.3 is 10.3 Å². The molecular weight excluding hydrogens is 338 g/mol. The standard InChI is InChI=1S/C21H25N5O/c1-2-3-12-21(25-26-21)13-11-19(27)22-16-9-10-17-18(14-16)24-20(23-17)15-7-5-4-6-8-15/h1,9-10,14-15H,3-8,11-13H2,(H,22,27)(H,23,24). The van der Waals surface area contributed by atoms with E-state index in [1.54, 1.807) is 0 Å². The normalized spacial score (nSPS) is 18.3. The first-order chi connectivity index (χ1) is 13.2. The lowest BCUT2D eigenvalue weighted by atomic mass is 9.89. The van der Waals surface area contributed by atoms with Gasteiger partial charge in [-0.2, -0.15) is 10.2 Å². The first kappa shape index (κ1) is 17.7. The summed E-state index contributed by atoms with van der Waals surface area (Å²) >= 11 is 0. The maximum atomic E-state index is 12.3. The number of carbonyl (C=O) groups is 1. The monoisotopic (exact) mass is 363 g/mol. The number of benzene rings is 1. The van der Waals surface area contributed by atoms with E-state index in [9.17, 15) is 4.79 Å². The molecule has 1 fully saturated rings. The van der Waals surface area contributed by atoms with Gasteiger partial charge in [-0.15, -0.1) is 12.3 Å². The van der Waals surface area contributed by atoms with Gasteiger partial charge in [0.25, 0.3) is 0 Å². The average Bonchev–Trinajstić information content (AvgIpc) is 3.34. The Morgan fingerprint density at radius 3 is 2.81 bits per heavy atom. The number of carbonyl (C=O) groups excluding carboxylic acids is 1. The molecule has 2 heterocycles. The third-order valence-corrected chi connectivity index (χ3v) is 5.58. The third-order valence-electron chi connectivity index (χ3n) is 5.58. The summed E-state index contributed by atoms with van der Waals surface area (Å²) in [6.07, 6.45) is 14.0. The van der Waals surface area contributed by atoms with E-state index in [0.29, 0.717) is 25.2 Å². The van der Waals surface area contributed by atoms with Crippen molar-refractivity contribution < 1.29 is 4.79 Å². The summed E-state index contributed by atoms with van der Waals surface area (Å²) in [6.45, 7) is 0. The molecule has 6 nitrogen and oxygen atoms in total. The van der Waals surface area contributed by atoms with E-state index in [0.717, 1.165) is 29.0 Å². The molecule has 2 aliphatic rings. The molecule has 6 heteroatoms. The summed E-state index contributed by atoms with van der Waals surface area (Å²) in [4.78, 5) is 20.5. The van der Waals surface area contributed by atoms with Crippen LogP contribution >= 0.6 is 0 Å². The van der Waals surface area contributed by atoms with Crippen molar-refractivity contribution in [2.45, 2.75) is 69.4 Å². The molecule has 0 radical (unpaired) electrons. The lowest BCUT2D eigenvalue weighted by Crippen LogP contribution is -2.17. The van der Waals surface area contributed by atoms with Crippen molar-refractivity contribution in [2.75, 3.05) is 5.32 Å². The van der Waals surface area contributed by atoms with Crippen LogP contribution in [0.3, 0.4) is 0 Å². The molecule has 140 valence electrons. The first-order valence-corrected chi connectivity index (χ1v) is 9.84. The van der Waals surface area contributed by atoms with Crippen molar-refractivity contribution in [3.05, 3.63) is 24.0 Å². The number of anilines is 1. The predicted octanol–water partition coefficient (Wildman–Crippen LogP) is 4.90. The van der Waals surface area contributed by atoms with E-state index < -0.39 is 5.66 Å². The van der Waals surface area contributed by atoms with Crippen LogP contribution in [0.2, 0.25) is 0 Å². The van der Waals surface area contributed by atoms with Crippen molar-refractivity contribution >= 4 is 22.6 Å². The minimum absolute atomic E-state index is 0.0289. The minimum Gasteiger partial charge on any atom is -0.342 e. The van der Waals surface area contributed by atoms with Crippen LogP contribution < -0.4 is 5.32 Å². The Balaban J connectivity index is 1.36. The summed E-state index contributed by atoms with van der Waals surface area (Å²) in [6, 6.07) is 5.84. The van der Waals surface area contributed by atoms with Gasteiger partial charge in [0.1, 0.15) is 5.82 Å². The molecule has 1 aliphatic carbocycles. The van der Waals surface area contributed by atoms with Crippen LogP contribution in [-0.4, -0.2) is 21.5 Å². The Morgan fingerprint density at radius 2 is 2.07 bits per heavy atom. The summed E-state index contributed by atoms with van der Waals surface area (Å²) in [5, 5.41) is 11.1. The molecule has 1 aromatic heterocycles. The highest BCUT2D eigenvalue weighted by Crippen LogP contribution is 2.37. The van der Waals surface area contributed by atoms with Crippen LogP contribution in [0, 0.1) is 12.3 Å². The zero-order valence-corrected chi connectivity index (χ0v) is 15.5. The number of nitrogens with one attached hydrogen (secondary N) is 2. The Kier molecular flexibility index (Phi) is 4.93. The maximum Gasteiger partial charge on any atom is 0.224 e. The number of fused-ring (bicyclic) bond motifs is 1. The fourth-order valence-electron chi connectivity index (χ4n) is 3.88. The number of rotatable bonds is 7. The molecule has 1 amide bonds. The number of terminal acetylenes is 1. The summed E-state index contributed by atoms with van der Waals surface area (Å²) in [5.74, 6) is 4.20. The Bertz CT molecular complexity index is 895. The highest BCUT2D eigenvalue weighted by atomic mass is 16.1. The zero-order chi connectivity index (χ0) is 18.7. The van der Waals surface area contributed by atoms with Crippen molar-refractivity contribution in [3.8, 4) is 12.3 Å². The highest BCUT2D eigenvalue weighted by Gasteiger charge is 2.39. The molecule has 27 heavy (non-hydrogen) atoms. The number of H-pyrrole nitrogens is 1. The van der Waals surface area contributed by atoms with Crippen LogP contribution in [0.25, 0.3) is 11.0 Å². The number of nitrogens with zero attached hydrogens (tertiary/aromatic N) is 3. The molecule has 0 bridgehead atoms. The van der Waals surface area contributed by atoms with E-state index in [2.05, 4.69) is 26.4 Å². The molecule has 0 atom stereocenters. The van der Waals surface area contributed by atoms with Gasteiger partial charge >= 0.3 is 0 Å². The van der Waals surface area contributed by atoms with Crippen molar-refractivity contribution in [3.63, 3.8) is 0 Å². The highest BCUT2D eigenvalue weighted by molar-refractivity contribution is 5.93. The summed E-state index contributed by atoms with van der Waals surface area (Å²) in [5.41, 5.74) is 2.31. The second-order valence-electron chi connectivity index (χ2n) is 7.62. The van der Waals surface area contributed by atoms with E-state index in [4.69, 9.17) is 11.4 Å². The molecule has 2 aromatic rings. The maximum absolute atomic E-state index is 12.3. The van der Waals surface area contributed by atoms with Gasteiger partial charge in [0.2, 0.25) is 5.91 Å². The van der Waals surface area contributed by atoms with E-state index in [-0.39, 0.29) is 5.91 Å². The number of amides is 1. The van der Waals surface area contributed by atoms with Gasteiger partial charge in [-0.1, -0.05) is 19.3 Å². The summed E-state index contributed by atoms with van der Waals surface area (Å²) in [7, 11) is 0. The van der Waals surface area contributed by atoms with Crippen LogP contribution in [0.15, 0.2) is 28.4 Å². The quantitative estimate of drug-likeness (QED) is 0.686. The Morgan fingerprint density at radius 1 is 1.26 bits per heavy atom. The molecule has 2 N–H and O–H groups in total. The van der Waals surface area contributed by atoms with Crippen molar-refractivity contribution in [1.82, 2.24) is 9.97 Å². The van der Waals surface area contributed by atoms with Gasteiger partial charge in [0.15, 0.2) is 5.66 Å². The largest absolute Gasteiger partial charge is 0.342 e. The van der Waals surface area contributed by atoms with Crippen LogP contribution in [0.1, 0.15) is 69.5 Å². The van der Waals surface area contributed by atoms with Gasteiger partial charge in [-0.25, -0.2) is 4.98 Å². The lowest BCUT2D eigenvalue weighted by Gasteiger charge is -2.18. The van der Waals surface area contributed by atoms with Crippen LogP contribution in [0.5, 0.6) is 0 Å². The van der Waals surface area contributed by atoms with E-state index in [1.165, 1.54) is 32.1 Å². The number of aromatic nitrogens is 2.